The molecule has 2 aromatic carbocycles. The fourth-order valence-electron chi connectivity index (χ4n) is 6.16. The topological polar surface area (TPSA) is 0 Å². The second-order valence-electron chi connectivity index (χ2n) is 9.93. The highest BCUT2D eigenvalue weighted by Crippen LogP contribution is 2.49. The van der Waals surface area contributed by atoms with Gasteiger partial charge in [-0.05, 0) is 91.2 Å². The van der Waals surface area contributed by atoms with Gasteiger partial charge in [-0.15, -0.1) is 0 Å². The molecule has 0 bridgehead atoms. The Hall–Kier alpha value is -1.77. The number of hydrogen-bond acceptors (Lipinski definition) is 0. The number of benzene rings is 2. The van der Waals surface area contributed by atoms with Crippen molar-refractivity contribution in [3.05, 3.63) is 59.4 Å². The van der Waals surface area contributed by atoms with E-state index in [1.54, 1.807) is 6.07 Å². The zero-order valence-electron chi connectivity index (χ0n) is 18.7. The average Bonchev–Trinajstić information content (AvgIpc) is 2.76. The minimum absolute atomic E-state index is 0.125. The molecule has 0 nitrogen and oxygen atoms in total. The maximum atomic E-state index is 14.9. The van der Waals surface area contributed by atoms with Crippen LogP contribution in [0.15, 0.2) is 36.4 Å². The number of unbranched alkanes of at least 4 members (excludes halogenated alkanes) is 3. The maximum Gasteiger partial charge on any atom is 0.134 e. The molecule has 3 heteroatoms. The second-order valence-corrected chi connectivity index (χ2v) is 9.93. The zero-order chi connectivity index (χ0) is 21.8. The summed E-state index contributed by atoms with van der Waals surface area (Å²) in [6.07, 6.45) is 13.9. The molecular weight excluding hydrogens is 393 g/mol. The summed E-state index contributed by atoms with van der Waals surface area (Å²) in [5, 5.41) is 0. The van der Waals surface area contributed by atoms with Gasteiger partial charge in [-0.1, -0.05) is 57.6 Å². The molecule has 0 aromatic heterocycles. The predicted molar refractivity (Wildman–Crippen MR) is 121 cm³/mol. The fraction of sp³-hybridized carbons (Fsp3) is 0.571. The molecule has 0 heterocycles. The molecule has 168 valence electrons. The van der Waals surface area contributed by atoms with Gasteiger partial charge in [0.2, 0.25) is 0 Å². The molecule has 0 spiro atoms. The summed E-state index contributed by atoms with van der Waals surface area (Å²) in [5.41, 5.74) is 0.901. The highest BCUT2D eigenvalue weighted by atomic mass is 19.1. The number of halogens is 3. The van der Waals surface area contributed by atoms with E-state index in [1.165, 1.54) is 88.1 Å². The molecular formula is C28H35F3. The molecule has 2 aliphatic rings. The third-order valence-corrected chi connectivity index (χ3v) is 7.84. The molecule has 0 radical (unpaired) electrons. The standard InChI is InChI=1S/C28H35F3/c1-2-3-4-5-7-19-10-11-21-15-22(13-12-20(21)14-19)24-17-26(30)28(27(31)18-24)23-8-6-9-25(29)16-23/h6,8-9,16-22H,2-5,7,10-15H2,1H3/t19?,20-,21-,22-/m1/s1. The molecule has 0 saturated heterocycles. The van der Waals surface area contributed by atoms with Crippen molar-refractivity contribution in [3.8, 4) is 11.1 Å². The third kappa shape index (κ3) is 5.35. The lowest BCUT2D eigenvalue weighted by Gasteiger charge is -2.42. The lowest BCUT2D eigenvalue weighted by molar-refractivity contribution is 0.113. The summed E-state index contributed by atoms with van der Waals surface area (Å²) in [6, 6.07) is 8.50. The van der Waals surface area contributed by atoms with Gasteiger partial charge in [0.15, 0.2) is 0 Å². The molecule has 0 N–H and O–H groups in total. The van der Waals surface area contributed by atoms with Crippen molar-refractivity contribution in [3.63, 3.8) is 0 Å². The first-order valence-corrected chi connectivity index (χ1v) is 12.3. The van der Waals surface area contributed by atoms with Gasteiger partial charge in [0.1, 0.15) is 17.5 Å². The third-order valence-electron chi connectivity index (χ3n) is 7.84. The SMILES string of the molecule is CCCCCCC1CC[C@@H]2C[C@H](c3cc(F)c(-c4cccc(F)c4)c(F)c3)CC[C@@H]2C1. The molecule has 2 saturated carbocycles. The number of rotatable bonds is 7. The van der Waals surface area contributed by atoms with Gasteiger partial charge in [0, 0.05) is 0 Å². The van der Waals surface area contributed by atoms with E-state index in [1.807, 2.05) is 0 Å². The van der Waals surface area contributed by atoms with Crippen molar-refractivity contribution in [2.75, 3.05) is 0 Å². The van der Waals surface area contributed by atoms with Crippen molar-refractivity contribution >= 4 is 0 Å². The van der Waals surface area contributed by atoms with Crippen LogP contribution in [0, 0.1) is 35.2 Å². The van der Waals surface area contributed by atoms with E-state index >= 15 is 0 Å². The minimum atomic E-state index is -0.585. The summed E-state index contributed by atoms with van der Waals surface area (Å²) >= 11 is 0. The Balaban J connectivity index is 1.40. The second kappa shape index (κ2) is 10.2. The molecule has 2 fully saturated rings. The Morgan fingerprint density at radius 3 is 2.29 bits per heavy atom. The van der Waals surface area contributed by atoms with E-state index in [2.05, 4.69) is 6.92 Å². The van der Waals surface area contributed by atoms with Crippen LogP contribution < -0.4 is 0 Å². The van der Waals surface area contributed by atoms with Gasteiger partial charge in [0.05, 0.1) is 5.56 Å². The first kappa shape index (κ1) is 22.4. The van der Waals surface area contributed by atoms with Gasteiger partial charge in [-0.25, -0.2) is 13.2 Å². The van der Waals surface area contributed by atoms with Crippen molar-refractivity contribution < 1.29 is 13.2 Å². The molecule has 1 unspecified atom stereocenters. The van der Waals surface area contributed by atoms with Crippen LogP contribution in [0.2, 0.25) is 0 Å². The Morgan fingerprint density at radius 2 is 1.55 bits per heavy atom. The van der Waals surface area contributed by atoms with E-state index in [4.69, 9.17) is 0 Å². The maximum absolute atomic E-state index is 14.9. The lowest BCUT2D eigenvalue weighted by atomic mass is 9.63. The lowest BCUT2D eigenvalue weighted by Crippen LogP contribution is -2.30. The molecule has 4 rings (SSSR count). The summed E-state index contributed by atoms with van der Waals surface area (Å²) in [5.74, 6) is 0.946. The van der Waals surface area contributed by atoms with Gasteiger partial charge in [-0.3, -0.25) is 0 Å². The molecule has 31 heavy (non-hydrogen) atoms. The normalized spacial score (nSPS) is 25.9. The summed E-state index contributed by atoms with van der Waals surface area (Å²) in [7, 11) is 0. The van der Waals surface area contributed by atoms with Crippen LogP contribution >= 0.6 is 0 Å². The van der Waals surface area contributed by atoms with Gasteiger partial charge in [-0.2, -0.15) is 0 Å². The average molecular weight is 429 g/mol. The highest BCUT2D eigenvalue weighted by Gasteiger charge is 2.36. The van der Waals surface area contributed by atoms with E-state index in [0.717, 1.165) is 30.2 Å². The summed E-state index contributed by atoms with van der Waals surface area (Å²) in [6.45, 7) is 2.26. The van der Waals surface area contributed by atoms with Gasteiger partial charge in [0.25, 0.3) is 0 Å². The Morgan fingerprint density at radius 1 is 0.806 bits per heavy atom. The van der Waals surface area contributed by atoms with E-state index in [-0.39, 0.29) is 17.0 Å². The summed E-state index contributed by atoms with van der Waals surface area (Å²) in [4.78, 5) is 0. The first-order chi connectivity index (χ1) is 15.0. The quantitative estimate of drug-likeness (QED) is 0.386. The Labute approximate surface area is 185 Å². The molecule has 2 aromatic rings. The molecule has 4 atom stereocenters. The predicted octanol–water partition coefficient (Wildman–Crippen LogP) is 9.04. The van der Waals surface area contributed by atoms with Crippen molar-refractivity contribution in [1.29, 1.82) is 0 Å². The van der Waals surface area contributed by atoms with Crippen molar-refractivity contribution in [2.45, 2.75) is 83.5 Å². The number of fused-ring (bicyclic) bond motifs is 1. The van der Waals surface area contributed by atoms with Gasteiger partial charge < -0.3 is 0 Å². The Bertz CT molecular complexity index is 851. The Kier molecular flexibility index (Phi) is 7.40. The minimum Gasteiger partial charge on any atom is -0.207 e. The fourth-order valence-corrected chi connectivity index (χ4v) is 6.16. The largest absolute Gasteiger partial charge is 0.207 e. The van der Waals surface area contributed by atoms with Crippen LogP contribution in [-0.4, -0.2) is 0 Å². The smallest absolute Gasteiger partial charge is 0.134 e. The monoisotopic (exact) mass is 428 g/mol. The van der Waals surface area contributed by atoms with Crippen molar-refractivity contribution in [2.24, 2.45) is 17.8 Å². The van der Waals surface area contributed by atoms with Crippen LogP contribution in [0.5, 0.6) is 0 Å². The van der Waals surface area contributed by atoms with E-state index < -0.39 is 17.5 Å². The van der Waals surface area contributed by atoms with Crippen LogP contribution in [0.25, 0.3) is 11.1 Å². The molecule has 2 aliphatic carbocycles. The van der Waals surface area contributed by atoms with Crippen molar-refractivity contribution in [1.82, 2.24) is 0 Å². The van der Waals surface area contributed by atoms with Crippen LogP contribution in [0.1, 0.15) is 89.0 Å². The molecule has 0 amide bonds. The van der Waals surface area contributed by atoms with E-state index in [9.17, 15) is 13.2 Å². The van der Waals surface area contributed by atoms with Crippen LogP contribution in [0.3, 0.4) is 0 Å². The number of hydrogen-bond donors (Lipinski definition) is 0. The summed E-state index contributed by atoms with van der Waals surface area (Å²) < 4.78 is 43.3. The van der Waals surface area contributed by atoms with E-state index in [0.29, 0.717) is 5.92 Å². The first-order valence-electron chi connectivity index (χ1n) is 12.3. The van der Waals surface area contributed by atoms with Crippen LogP contribution in [-0.2, 0) is 0 Å². The van der Waals surface area contributed by atoms with Crippen LogP contribution in [0.4, 0.5) is 13.2 Å². The zero-order valence-corrected chi connectivity index (χ0v) is 18.7. The highest BCUT2D eigenvalue weighted by molar-refractivity contribution is 5.65. The molecule has 0 aliphatic heterocycles. The van der Waals surface area contributed by atoms with Gasteiger partial charge >= 0.3 is 0 Å².